The molecule has 2 aromatic rings. The Hall–Kier alpha value is -1.02. The summed E-state index contributed by atoms with van der Waals surface area (Å²) in [5, 5.41) is 5.88. The van der Waals surface area contributed by atoms with E-state index in [1.807, 2.05) is 11.7 Å². The van der Waals surface area contributed by atoms with Crippen molar-refractivity contribution in [1.82, 2.24) is 9.78 Å². The van der Waals surface area contributed by atoms with E-state index in [2.05, 4.69) is 36.3 Å². The van der Waals surface area contributed by atoms with Crippen LogP contribution in [0.3, 0.4) is 0 Å². The maximum atomic E-state index is 6.02. The number of fused-ring (bicyclic) bond motifs is 1. The number of benzene rings is 1. The summed E-state index contributed by atoms with van der Waals surface area (Å²) in [6, 6.07) is 8.39. The molecule has 1 aromatic heterocycles. The summed E-state index contributed by atoms with van der Waals surface area (Å²) in [5.41, 5.74) is 2.38. The lowest BCUT2D eigenvalue weighted by molar-refractivity contribution is 0.520. The fourth-order valence-electron chi connectivity index (χ4n) is 2.35. The van der Waals surface area contributed by atoms with Gasteiger partial charge in [0, 0.05) is 18.3 Å². The van der Waals surface area contributed by atoms with Crippen LogP contribution < -0.4 is 0 Å². The topological polar surface area (TPSA) is 17.8 Å². The van der Waals surface area contributed by atoms with Gasteiger partial charge in [-0.1, -0.05) is 31.5 Å². The maximum Gasteiger partial charge on any atom is 0.0706 e. The number of alkyl halides is 1. The minimum absolute atomic E-state index is 0.542. The Bertz CT molecular complexity index is 490. The molecule has 92 valence electrons. The van der Waals surface area contributed by atoms with Crippen LogP contribution >= 0.6 is 11.6 Å². The van der Waals surface area contributed by atoms with E-state index in [0.717, 1.165) is 12.3 Å². The molecule has 0 saturated carbocycles. The molecule has 0 aliphatic rings. The SMILES string of the molecule is CCCC(CCl)Cc1nn(C)c2ccccc12. The van der Waals surface area contributed by atoms with Gasteiger partial charge in [-0.05, 0) is 24.8 Å². The minimum atomic E-state index is 0.542. The maximum absolute atomic E-state index is 6.02. The first-order valence-electron chi connectivity index (χ1n) is 6.22. The van der Waals surface area contributed by atoms with Crippen molar-refractivity contribution in [2.45, 2.75) is 26.2 Å². The molecule has 0 aliphatic heterocycles. The number of hydrogen-bond acceptors (Lipinski definition) is 1. The fourth-order valence-corrected chi connectivity index (χ4v) is 2.62. The largest absolute Gasteiger partial charge is 0.268 e. The van der Waals surface area contributed by atoms with Crippen LogP contribution in [0.15, 0.2) is 24.3 Å². The van der Waals surface area contributed by atoms with E-state index in [1.165, 1.54) is 29.4 Å². The van der Waals surface area contributed by atoms with Gasteiger partial charge >= 0.3 is 0 Å². The molecule has 0 radical (unpaired) electrons. The highest BCUT2D eigenvalue weighted by Crippen LogP contribution is 2.22. The number of aromatic nitrogens is 2. The van der Waals surface area contributed by atoms with Crippen LogP contribution in [0, 0.1) is 5.92 Å². The summed E-state index contributed by atoms with van der Waals surface area (Å²) in [6.07, 6.45) is 3.34. The van der Waals surface area contributed by atoms with Crippen LogP contribution in [0.4, 0.5) is 0 Å². The first-order valence-corrected chi connectivity index (χ1v) is 6.76. The van der Waals surface area contributed by atoms with Gasteiger partial charge in [0.15, 0.2) is 0 Å². The van der Waals surface area contributed by atoms with Crippen molar-refractivity contribution in [2.75, 3.05) is 5.88 Å². The molecule has 0 aliphatic carbocycles. The predicted octanol–water partition coefficient (Wildman–Crippen LogP) is 3.77. The first-order chi connectivity index (χ1) is 8.26. The van der Waals surface area contributed by atoms with Gasteiger partial charge in [-0.15, -0.1) is 11.6 Å². The highest BCUT2D eigenvalue weighted by Gasteiger charge is 2.13. The Labute approximate surface area is 108 Å². The molecule has 0 fully saturated rings. The lowest BCUT2D eigenvalue weighted by Gasteiger charge is -2.10. The van der Waals surface area contributed by atoms with E-state index < -0.39 is 0 Å². The third kappa shape index (κ3) is 2.63. The van der Waals surface area contributed by atoms with Crippen LogP contribution in [0.1, 0.15) is 25.5 Å². The van der Waals surface area contributed by atoms with Gasteiger partial charge in [0.25, 0.3) is 0 Å². The summed E-state index contributed by atoms with van der Waals surface area (Å²) in [6.45, 7) is 2.20. The zero-order chi connectivity index (χ0) is 12.3. The van der Waals surface area contributed by atoms with E-state index >= 15 is 0 Å². The zero-order valence-electron chi connectivity index (χ0n) is 10.5. The van der Waals surface area contributed by atoms with Crippen LogP contribution in [0.25, 0.3) is 10.9 Å². The summed E-state index contributed by atoms with van der Waals surface area (Å²) in [5.74, 6) is 1.26. The molecule has 1 unspecified atom stereocenters. The quantitative estimate of drug-likeness (QED) is 0.739. The zero-order valence-corrected chi connectivity index (χ0v) is 11.2. The number of hydrogen-bond donors (Lipinski definition) is 0. The van der Waals surface area contributed by atoms with Crippen LogP contribution in [-0.4, -0.2) is 15.7 Å². The van der Waals surface area contributed by atoms with E-state index in [0.29, 0.717) is 5.92 Å². The third-order valence-electron chi connectivity index (χ3n) is 3.23. The van der Waals surface area contributed by atoms with Gasteiger partial charge in [0.05, 0.1) is 11.2 Å². The number of nitrogens with zero attached hydrogens (tertiary/aromatic N) is 2. The fraction of sp³-hybridized carbons (Fsp3) is 0.500. The van der Waals surface area contributed by atoms with Crippen LogP contribution in [-0.2, 0) is 13.5 Å². The smallest absolute Gasteiger partial charge is 0.0706 e. The summed E-state index contributed by atoms with van der Waals surface area (Å²) in [7, 11) is 2.00. The Morgan fingerprint density at radius 1 is 1.35 bits per heavy atom. The Morgan fingerprint density at radius 2 is 2.12 bits per heavy atom. The molecule has 3 heteroatoms. The van der Waals surface area contributed by atoms with E-state index in [4.69, 9.17) is 11.6 Å². The van der Waals surface area contributed by atoms with Crippen molar-refractivity contribution >= 4 is 22.5 Å². The molecule has 0 amide bonds. The van der Waals surface area contributed by atoms with Gasteiger partial charge in [-0.3, -0.25) is 4.68 Å². The van der Waals surface area contributed by atoms with Crippen molar-refractivity contribution in [3.63, 3.8) is 0 Å². The Kier molecular flexibility index (Phi) is 4.06. The molecule has 1 atom stereocenters. The molecule has 1 heterocycles. The second kappa shape index (κ2) is 5.54. The number of halogens is 1. The second-order valence-corrected chi connectivity index (χ2v) is 4.91. The molecule has 0 N–H and O–H groups in total. The monoisotopic (exact) mass is 250 g/mol. The van der Waals surface area contributed by atoms with Crippen molar-refractivity contribution in [3.05, 3.63) is 30.0 Å². The average Bonchev–Trinajstić information content (AvgIpc) is 2.66. The van der Waals surface area contributed by atoms with Crippen LogP contribution in [0.2, 0.25) is 0 Å². The number of para-hydroxylation sites is 1. The van der Waals surface area contributed by atoms with Crippen molar-refractivity contribution < 1.29 is 0 Å². The molecule has 1 aromatic carbocycles. The summed E-state index contributed by atoms with van der Waals surface area (Å²) < 4.78 is 1.96. The van der Waals surface area contributed by atoms with Gasteiger partial charge in [-0.25, -0.2) is 0 Å². The highest BCUT2D eigenvalue weighted by molar-refractivity contribution is 6.18. The average molecular weight is 251 g/mol. The Balaban J connectivity index is 2.29. The van der Waals surface area contributed by atoms with E-state index in [1.54, 1.807) is 0 Å². The van der Waals surface area contributed by atoms with Gasteiger partial charge in [-0.2, -0.15) is 5.10 Å². The normalized spacial score (nSPS) is 13.1. The molecular formula is C14H19ClN2. The molecular weight excluding hydrogens is 232 g/mol. The lowest BCUT2D eigenvalue weighted by Crippen LogP contribution is -2.07. The van der Waals surface area contributed by atoms with Gasteiger partial charge in [0.2, 0.25) is 0 Å². The van der Waals surface area contributed by atoms with Gasteiger partial charge < -0.3 is 0 Å². The van der Waals surface area contributed by atoms with Gasteiger partial charge in [0.1, 0.15) is 0 Å². The summed E-state index contributed by atoms with van der Waals surface area (Å²) >= 11 is 6.02. The molecule has 0 spiro atoms. The molecule has 2 rings (SSSR count). The molecule has 0 bridgehead atoms. The highest BCUT2D eigenvalue weighted by atomic mass is 35.5. The van der Waals surface area contributed by atoms with Crippen molar-refractivity contribution in [2.24, 2.45) is 13.0 Å². The standard InChI is InChI=1S/C14H19ClN2/c1-3-6-11(10-15)9-13-12-7-4-5-8-14(12)17(2)16-13/h4-5,7-8,11H,3,6,9-10H2,1-2H3. The van der Waals surface area contributed by atoms with E-state index in [-0.39, 0.29) is 0 Å². The first kappa shape index (κ1) is 12.4. The van der Waals surface area contributed by atoms with E-state index in [9.17, 15) is 0 Å². The lowest BCUT2D eigenvalue weighted by atomic mass is 9.98. The predicted molar refractivity (Wildman–Crippen MR) is 73.5 cm³/mol. The third-order valence-corrected chi connectivity index (χ3v) is 3.67. The van der Waals surface area contributed by atoms with Crippen LogP contribution in [0.5, 0.6) is 0 Å². The number of rotatable bonds is 5. The second-order valence-electron chi connectivity index (χ2n) is 4.60. The summed E-state index contributed by atoms with van der Waals surface area (Å²) in [4.78, 5) is 0. The van der Waals surface area contributed by atoms with Crippen molar-refractivity contribution in [1.29, 1.82) is 0 Å². The van der Waals surface area contributed by atoms with Crippen molar-refractivity contribution in [3.8, 4) is 0 Å². The minimum Gasteiger partial charge on any atom is -0.268 e. The molecule has 17 heavy (non-hydrogen) atoms. The molecule has 0 saturated heterocycles. The number of aryl methyl sites for hydroxylation is 1. The molecule has 2 nitrogen and oxygen atoms in total. The Morgan fingerprint density at radius 3 is 2.82 bits per heavy atom.